The van der Waals surface area contributed by atoms with Gasteiger partial charge < -0.3 is 15.1 Å². The first-order valence-electron chi connectivity index (χ1n) is 18.6. The molecule has 0 spiro atoms. The van der Waals surface area contributed by atoms with E-state index in [0.29, 0.717) is 72.5 Å². The highest BCUT2D eigenvalue weighted by Crippen LogP contribution is 2.38. The average Bonchev–Trinajstić information content (AvgIpc) is 3.97. The number of nitrogens with zero attached hydrogens (tertiary/aromatic N) is 6. The second-order valence-electron chi connectivity index (χ2n) is 14.5. The fourth-order valence-corrected chi connectivity index (χ4v) is 8.03. The third kappa shape index (κ3) is 7.85. The number of hydrogen-bond donors (Lipinski definition) is 1. The first-order valence-corrected chi connectivity index (χ1v) is 18.6. The molecule has 2 fully saturated rings. The summed E-state index contributed by atoms with van der Waals surface area (Å²) in [7, 11) is 1.77. The molecule has 0 bridgehead atoms. The summed E-state index contributed by atoms with van der Waals surface area (Å²) in [5.41, 5.74) is 3.64. The van der Waals surface area contributed by atoms with E-state index in [1.807, 2.05) is 29.2 Å². The van der Waals surface area contributed by atoms with E-state index in [1.165, 1.54) is 9.36 Å². The Hall–Kier alpha value is -4.82. The van der Waals surface area contributed by atoms with Crippen molar-refractivity contribution in [2.24, 2.45) is 0 Å². The number of carbonyl (C=O) groups excluding carboxylic acids is 2. The summed E-state index contributed by atoms with van der Waals surface area (Å²) in [5, 5.41) is 10.7. The van der Waals surface area contributed by atoms with Gasteiger partial charge in [-0.3, -0.25) is 4.79 Å². The van der Waals surface area contributed by atoms with Crippen LogP contribution in [0, 0.1) is 0 Å². The Bertz CT molecular complexity index is 1980. The minimum absolute atomic E-state index is 0.0150. The zero-order valence-electron chi connectivity index (χ0n) is 30.1. The van der Waals surface area contributed by atoms with Crippen LogP contribution in [0.4, 0.5) is 31.1 Å². The predicted molar refractivity (Wildman–Crippen MR) is 188 cm³/mol. The van der Waals surface area contributed by atoms with Crippen LogP contribution < -0.4 is 5.32 Å². The fraction of sp³-hybridized carbons (Fsp3) is 0.487. The summed E-state index contributed by atoms with van der Waals surface area (Å²) < 4.78 is 83.0. The summed E-state index contributed by atoms with van der Waals surface area (Å²) in [6.07, 6.45) is -0.188. The molecule has 2 aliphatic carbocycles. The van der Waals surface area contributed by atoms with Crippen LogP contribution in [0.2, 0.25) is 0 Å². The number of aromatic nitrogens is 4. The maximum absolute atomic E-state index is 13.4. The minimum Gasteiger partial charge on any atom is -0.349 e. The number of likely N-dealkylation sites (tertiary alicyclic amines) is 1. The number of halogens is 6. The van der Waals surface area contributed by atoms with Crippen molar-refractivity contribution < 1.29 is 35.9 Å². The molecular weight excluding hydrogens is 712 g/mol. The molecule has 1 unspecified atom stereocenters. The number of amides is 3. The Kier molecular flexibility index (Phi) is 10.5. The van der Waals surface area contributed by atoms with Crippen molar-refractivity contribution in [1.29, 1.82) is 0 Å². The highest BCUT2D eigenvalue weighted by molar-refractivity contribution is 5.78. The molecule has 288 valence electrons. The van der Waals surface area contributed by atoms with Crippen LogP contribution in [-0.2, 0) is 49.4 Å². The van der Waals surface area contributed by atoms with E-state index in [0.717, 1.165) is 69.2 Å². The lowest BCUT2D eigenvalue weighted by atomic mass is 9.95. The molecular formula is C39H43F6N7O2. The van der Waals surface area contributed by atoms with Gasteiger partial charge in [0.05, 0.1) is 17.4 Å². The Balaban J connectivity index is 0.000000168. The number of fused-ring (bicyclic) bond motifs is 2. The second kappa shape index (κ2) is 15.1. The maximum Gasteiger partial charge on any atom is 0.435 e. The second-order valence-corrected chi connectivity index (χ2v) is 14.5. The van der Waals surface area contributed by atoms with E-state index in [4.69, 9.17) is 0 Å². The molecule has 1 N–H and O–H groups in total. The van der Waals surface area contributed by atoms with Gasteiger partial charge in [0.1, 0.15) is 0 Å². The average molecular weight is 756 g/mol. The highest BCUT2D eigenvalue weighted by atomic mass is 19.4. The SMILES string of the molecule is CN(Cc1ccc(-n2nc(C(F)(F)F)c3c2CCCC3)cc1)C(=O)N1CCCC1.O=C1CCC(c2ccc(-n3nc(C(F)(F)F)c4c3CCCC4)cc2)N1. The van der Waals surface area contributed by atoms with Crippen molar-refractivity contribution in [3.05, 3.63) is 93.6 Å². The smallest absolute Gasteiger partial charge is 0.349 e. The van der Waals surface area contributed by atoms with E-state index < -0.39 is 23.7 Å². The van der Waals surface area contributed by atoms with Crippen molar-refractivity contribution >= 4 is 11.9 Å². The molecule has 15 heteroatoms. The van der Waals surface area contributed by atoms with Gasteiger partial charge in [-0.1, -0.05) is 24.3 Å². The number of carbonyl (C=O) groups is 2. The summed E-state index contributed by atoms with van der Waals surface area (Å²) in [6.45, 7) is 2.06. The Labute approximate surface area is 309 Å². The van der Waals surface area contributed by atoms with Crippen LogP contribution in [0.5, 0.6) is 0 Å². The van der Waals surface area contributed by atoms with Crippen molar-refractivity contribution in [2.75, 3.05) is 20.1 Å². The summed E-state index contributed by atoms with van der Waals surface area (Å²) in [6, 6.07) is 14.5. The predicted octanol–water partition coefficient (Wildman–Crippen LogP) is 8.14. The number of urea groups is 1. The van der Waals surface area contributed by atoms with Gasteiger partial charge in [0, 0.05) is 55.6 Å². The molecule has 2 aromatic carbocycles. The number of nitrogens with one attached hydrogen (secondary N) is 1. The molecule has 0 radical (unpaired) electrons. The largest absolute Gasteiger partial charge is 0.435 e. The van der Waals surface area contributed by atoms with Crippen molar-refractivity contribution in [3.63, 3.8) is 0 Å². The van der Waals surface area contributed by atoms with E-state index in [1.54, 1.807) is 36.2 Å². The van der Waals surface area contributed by atoms with Gasteiger partial charge in [-0.2, -0.15) is 36.5 Å². The lowest BCUT2D eigenvalue weighted by molar-refractivity contribution is -0.142. The monoisotopic (exact) mass is 755 g/mol. The van der Waals surface area contributed by atoms with E-state index in [-0.39, 0.29) is 18.0 Å². The molecule has 8 rings (SSSR count). The van der Waals surface area contributed by atoms with Crippen molar-refractivity contribution in [2.45, 2.75) is 102 Å². The van der Waals surface area contributed by atoms with Gasteiger partial charge in [0.25, 0.3) is 0 Å². The molecule has 4 heterocycles. The topological polar surface area (TPSA) is 88.3 Å². The van der Waals surface area contributed by atoms with Crippen LogP contribution >= 0.6 is 0 Å². The number of rotatable bonds is 5. The lowest BCUT2D eigenvalue weighted by Gasteiger charge is -2.24. The summed E-state index contributed by atoms with van der Waals surface area (Å²) in [4.78, 5) is 27.3. The van der Waals surface area contributed by atoms with Crippen LogP contribution in [0.1, 0.15) is 102 Å². The van der Waals surface area contributed by atoms with Crippen LogP contribution in [0.3, 0.4) is 0 Å². The molecule has 2 aromatic heterocycles. The van der Waals surface area contributed by atoms with Crippen LogP contribution in [-0.4, -0.2) is 61.4 Å². The summed E-state index contributed by atoms with van der Waals surface area (Å²) in [5.74, 6) is 0.0324. The van der Waals surface area contributed by atoms with Crippen molar-refractivity contribution in [3.8, 4) is 11.4 Å². The van der Waals surface area contributed by atoms with E-state index in [9.17, 15) is 35.9 Å². The van der Waals surface area contributed by atoms with Gasteiger partial charge in [-0.15, -0.1) is 0 Å². The number of hydrogen-bond acceptors (Lipinski definition) is 4. The molecule has 54 heavy (non-hydrogen) atoms. The summed E-state index contributed by atoms with van der Waals surface area (Å²) >= 11 is 0. The molecule has 2 aliphatic heterocycles. The molecule has 1 atom stereocenters. The molecule has 4 aliphatic rings. The Morgan fingerprint density at radius 1 is 0.722 bits per heavy atom. The standard InChI is InChI=1S/C21H25F3N4O.C18H18F3N3O/c1-26(20(29)27-12-4-5-13-27)14-15-8-10-16(11-9-15)28-18-7-3-2-6-17(18)19(25-28)21(22,23)24;19-18(20,21)17-13-3-1-2-4-15(13)24(23-17)12-7-5-11(6-8-12)14-9-10-16(25)22-14/h8-11H,2-7,12-14H2,1H3;5-8,14H,1-4,9-10H2,(H,22,25). The third-order valence-electron chi connectivity index (χ3n) is 10.7. The number of benzene rings is 2. The Morgan fingerprint density at radius 2 is 1.20 bits per heavy atom. The molecule has 9 nitrogen and oxygen atoms in total. The van der Waals surface area contributed by atoms with Gasteiger partial charge in [0.2, 0.25) is 5.91 Å². The fourth-order valence-electron chi connectivity index (χ4n) is 8.03. The zero-order valence-corrected chi connectivity index (χ0v) is 30.1. The van der Waals surface area contributed by atoms with E-state index >= 15 is 0 Å². The quantitative estimate of drug-likeness (QED) is 0.209. The molecule has 2 saturated heterocycles. The molecule has 0 saturated carbocycles. The number of alkyl halides is 6. The lowest BCUT2D eigenvalue weighted by Crippen LogP contribution is -2.38. The van der Waals surface area contributed by atoms with Crippen LogP contribution in [0.15, 0.2) is 48.5 Å². The van der Waals surface area contributed by atoms with Crippen LogP contribution in [0.25, 0.3) is 11.4 Å². The Morgan fingerprint density at radius 3 is 1.67 bits per heavy atom. The first-order chi connectivity index (χ1) is 25.8. The maximum atomic E-state index is 13.4. The van der Waals surface area contributed by atoms with E-state index in [2.05, 4.69) is 15.5 Å². The van der Waals surface area contributed by atoms with Gasteiger partial charge >= 0.3 is 18.4 Å². The molecule has 4 aromatic rings. The third-order valence-corrected chi connectivity index (χ3v) is 10.7. The first kappa shape index (κ1) is 37.5. The van der Waals surface area contributed by atoms with Gasteiger partial charge in [-0.25, -0.2) is 14.2 Å². The van der Waals surface area contributed by atoms with Gasteiger partial charge in [0.15, 0.2) is 11.4 Å². The molecule has 3 amide bonds. The van der Waals surface area contributed by atoms with Gasteiger partial charge in [-0.05, 0) is 106 Å². The minimum atomic E-state index is -4.44. The highest BCUT2D eigenvalue weighted by Gasteiger charge is 2.41. The zero-order chi connectivity index (χ0) is 38.2. The normalized spacial score (nSPS) is 18.5. The van der Waals surface area contributed by atoms with Crippen molar-refractivity contribution in [1.82, 2.24) is 34.7 Å².